The number of carbonyl (C=O) groups is 1. The van der Waals surface area contributed by atoms with Crippen LogP contribution in [0.1, 0.15) is 48.4 Å². The van der Waals surface area contributed by atoms with Crippen molar-refractivity contribution in [1.29, 1.82) is 0 Å². The van der Waals surface area contributed by atoms with Crippen LogP contribution in [0.4, 0.5) is 11.6 Å². The quantitative estimate of drug-likeness (QED) is 0.760. The summed E-state index contributed by atoms with van der Waals surface area (Å²) in [6.45, 7) is 9.61. The molecule has 0 N–H and O–H groups in total. The SMILES string of the molecule is CCCCN(C)C(=O)c1cc(C)nc(N(CC)c2cccc(C)c2)n1. The molecular weight excluding hydrogens is 312 g/mol. The minimum absolute atomic E-state index is 0.0551. The molecule has 5 nitrogen and oxygen atoms in total. The van der Waals surface area contributed by atoms with E-state index in [1.807, 2.05) is 31.0 Å². The molecule has 0 saturated carbocycles. The van der Waals surface area contributed by atoms with Crippen molar-refractivity contribution in [2.45, 2.75) is 40.5 Å². The Morgan fingerprint density at radius 1 is 1.12 bits per heavy atom. The predicted octanol–water partition coefficient (Wildman–Crippen LogP) is 4.12. The lowest BCUT2D eigenvalue weighted by molar-refractivity contribution is 0.0787. The van der Waals surface area contributed by atoms with E-state index < -0.39 is 0 Å². The molecule has 25 heavy (non-hydrogen) atoms. The average molecular weight is 340 g/mol. The Labute approximate surface area is 150 Å². The summed E-state index contributed by atoms with van der Waals surface area (Å²) in [6.07, 6.45) is 2.05. The standard InChI is InChI=1S/C20H28N4O/c1-6-8-12-23(5)19(25)18-14-16(4)21-20(22-18)24(7-2)17-11-9-10-15(3)13-17/h9-11,13-14H,6-8,12H2,1-5H3. The van der Waals surface area contributed by atoms with Crippen LogP contribution in [0.25, 0.3) is 0 Å². The lowest BCUT2D eigenvalue weighted by Crippen LogP contribution is -2.29. The highest BCUT2D eigenvalue weighted by Gasteiger charge is 2.18. The minimum Gasteiger partial charge on any atom is -0.340 e. The third kappa shape index (κ3) is 4.78. The van der Waals surface area contributed by atoms with E-state index in [2.05, 4.69) is 42.9 Å². The molecular formula is C20H28N4O. The first kappa shape index (κ1) is 18.9. The lowest BCUT2D eigenvalue weighted by Gasteiger charge is -2.23. The maximum Gasteiger partial charge on any atom is 0.272 e. The van der Waals surface area contributed by atoms with Crippen molar-refractivity contribution in [3.63, 3.8) is 0 Å². The van der Waals surface area contributed by atoms with Gasteiger partial charge in [-0.15, -0.1) is 0 Å². The van der Waals surface area contributed by atoms with Gasteiger partial charge in [0, 0.05) is 31.5 Å². The number of amides is 1. The van der Waals surface area contributed by atoms with Crippen LogP contribution in [0.15, 0.2) is 30.3 Å². The van der Waals surface area contributed by atoms with Crippen molar-refractivity contribution < 1.29 is 4.79 Å². The van der Waals surface area contributed by atoms with Gasteiger partial charge in [-0.3, -0.25) is 4.79 Å². The van der Waals surface area contributed by atoms with Crippen LogP contribution < -0.4 is 4.90 Å². The van der Waals surface area contributed by atoms with Crippen molar-refractivity contribution >= 4 is 17.5 Å². The van der Waals surface area contributed by atoms with Crippen LogP contribution in [0.3, 0.4) is 0 Å². The second-order valence-corrected chi connectivity index (χ2v) is 6.36. The molecule has 0 aliphatic carbocycles. The van der Waals surface area contributed by atoms with E-state index in [1.165, 1.54) is 5.56 Å². The van der Waals surface area contributed by atoms with Crippen molar-refractivity contribution in [3.05, 3.63) is 47.3 Å². The number of aromatic nitrogens is 2. The van der Waals surface area contributed by atoms with E-state index in [4.69, 9.17) is 0 Å². The highest BCUT2D eigenvalue weighted by molar-refractivity contribution is 5.92. The zero-order chi connectivity index (χ0) is 18.4. The number of unbranched alkanes of at least 4 members (excludes halogenated alkanes) is 1. The van der Waals surface area contributed by atoms with Crippen molar-refractivity contribution in [1.82, 2.24) is 14.9 Å². The van der Waals surface area contributed by atoms with Crippen LogP contribution in [0.5, 0.6) is 0 Å². The van der Waals surface area contributed by atoms with Gasteiger partial charge in [-0.05, 0) is 51.0 Å². The van der Waals surface area contributed by atoms with Gasteiger partial charge in [-0.25, -0.2) is 9.97 Å². The number of hydrogen-bond acceptors (Lipinski definition) is 4. The first-order valence-electron chi connectivity index (χ1n) is 8.91. The third-order valence-electron chi connectivity index (χ3n) is 4.13. The topological polar surface area (TPSA) is 49.3 Å². The monoisotopic (exact) mass is 340 g/mol. The molecule has 0 spiro atoms. The van der Waals surface area contributed by atoms with Gasteiger partial charge >= 0.3 is 0 Å². The van der Waals surface area contributed by atoms with Crippen LogP contribution in [0, 0.1) is 13.8 Å². The average Bonchev–Trinajstić information content (AvgIpc) is 2.59. The number of hydrogen-bond donors (Lipinski definition) is 0. The smallest absolute Gasteiger partial charge is 0.272 e. The van der Waals surface area contributed by atoms with Crippen LogP contribution >= 0.6 is 0 Å². The molecule has 0 radical (unpaired) electrons. The molecule has 0 unspecified atom stereocenters. The molecule has 2 rings (SSSR count). The lowest BCUT2D eigenvalue weighted by atomic mass is 10.2. The van der Waals surface area contributed by atoms with E-state index in [9.17, 15) is 4.79 Å². The number of rotatable bonds is 7. The maximum atomic E-state index is 12.7. The maximum absolute atomic E-state index is 12.7. The molecule has 2 aromatic rings. The number of aryl methyl sites for hydroxylation is 2. The first-order valence-corrected chi connectivity index (χ1v) is 8.91. The summed E-state index contributed by atoms with van der Waals surface area (Å²) >= 11 is 0. The van der Waals surface area contributed by atoms with Gasteiger partial charge in [0.2, 0.25) is 5.95 Å². The summed E-state index contributed by atoms with van der Waals surface area (Å²) in [5.74, 6) is 0.515. The summed E-state index contributed by atoms with van der Waals surface area (Å²) in [5.41, 5.74) is 3.46. The second kappa shape index (κ2) is 8.60. The van der Waals surface area contributed by atoms with Crippen LogP contribution in [-0.4, -0.2) is 40.9 Å². The second-order valence-electron chi connectivity index (χ2n) is 6.36. The van der Waals surface area contributed by atoms with Crippen molar-refractivity contribution in [3.8, 4) is 0 Å². The summed E-state index contributed by atoms with van der Waals surface area (Å²) in [6, 6.07) is 9.99. The van der Waals surface area contributed by atoms with Gasteiger partial charge in [0.15, 0.2) is 0 Å². The normalized spacial score (nSPS) is 10.6. The summed E-state index contributed by atoms with van der Waals surface area (Å²) in [5, 5.41) is 0. The highest BCUT2D eigenvalue weighted by Crippen LogP contribution is 2.23. The predicted molar refractivity (Wildman–Crippen MR) is 102 cm³/mol. The van der Waals surface area contributed by atoms with E-state index in [0.717, 1.165) is 37.3 Å². The fourth-order valence-corrected chi connectivity index (χ4v) is 2.71. The van der Waals surface area contributed by atoms with E-state index in [0.29, 0.717) is 11.6 Å². The zero-order valence-electron chi connectivity index (χ0n) is 15.9. The minimum atomic E-state index is -0.0551. The van der Waals surface area contributed by atoms with Gasteiger partial charge in [-0.2, -0.15) is 0 Å². The largest absolute Gasteiger partial charge is 0.340 e. The molecule has 5 heteroatoms. The number of carbonyl (C=O) groups excluding carboxylic acids is 1. The highest BCUT2D eigenvalue weighted by atomic mass is 16.2. The summed E-state index contributed by atoms with van der Waals surface area (Å²) in [7, 11) is 1.83. The molecule has 0 atom stereocenters. The zero-order valence-corrected chi connectivity index (χ0v) is 15.9. The van der Waals surface area contributed by atoms with Gasteiger partial charge in [-0.1, -0.05) is 25.5 Å². The molecule has 0 bridgehead atoms. The Bertz CT molecular complexity index is 729. The molecule has 1 heterocycles. The van der Waals surface area contributed by atoms with Gasteiger partial charge in [0.25, 0.3) is 5.91 Å². The fraction of sp³-hybridized carbons (Fsp3) is 0.450. The molecule has 1 aromatic heterocycles. The number of anilines is 2. The Balaban J connectivity index is 2.35. The molecule has 1 aromatic carbocycles. The van der Waals surface area contributed by atoms with Gasteiger partial charge < -0.3 is 9.80 Å². The van der Waals surface area contributed by atoms with E-state index in [-0.39, 0.29) is 5.91 Å². The Hall–Kier alpha value is -2.43. The van der Waals surface area contributed by atoms with Crippen molar-refractivity contribution in [2.24, 2.45) is 0 Å². The van der Waals surface area contributed by atoms with Gasteiger partial charge in [0.05, 0.1) is 0 Å². The summed E-state index contributed by atoms with van der Waals surface area (Å²) in [4.78, 5) is 25.6. The van der Waals surface area contributed by atoms with Gasteiger partial charge in [0.1, 0.15) is 5.69 Å². The van der Waals surface area contributed by atoms with Crippen LogP contribution in [0.2, 0.25) is 0 Å². The fourth-order valence-electron chi connectivity index (χ4n) is 2.71. The molecule has 0 aliphatic heterocycles. The molecule has 0 fully saturated rings. The molecule has 134 valence electrons. The molecule has 0 aliphatic rings. The first-order chi connectivity index (χ1) is 12.0. The Morgan fingerprint density at radius 3 is 2.52 bits per heavy atom. The van der Waals surface area contributed by atoms with Crippen molar-refractivity contribution in [2.75, 3.05) is 25.0 Å². The third-order valence-corrected chi connectivity index (χ3v) is 4.13. The molecule has 1 amide bonds. The number of benzene rings is 1. The summed E-state index contributed by atoms with van der Waals surface area (Å²) < 4.78 is 0. The Kier molecular flexibility index (Phi) is 6.51. The van der Waals surface area contributed by atoms with E-state index >= 15 is 0 Å². The Morgan fingerprint density at radius 2 is 1.88 bits per heavy atom. The van der Waals surface area contributed by atoms with Crippen LogP contribution in [-0.2, 0) is 0 Å². The van der Waals surface area contributed by atoms with E-state index in [1.54, 1.807) is 11.0 Å². The molecule has 0 saturated heterocycles. The number of nitrogens with zero attached hydrogens (tertiary/aromatic N) is 4.